The highest BCUT2D eigenvalue weighted by molar-refractivity contribution is 7.89. The molecule has 0 saturated heterocycles. The molecule has 11 nitrogen and oxygen atoms in total. The zero-order valence-corrected chi connectivity index (χ0v) is 19.5. The fraction of sp³-hybridized carbons (Fsp3) is 0.130. The molecule has 1 N–H and O–H groups in total. The number of nitrogens with zero attached hydrogens (tertiary/aromatic N) is 6. The van der Waals surface area contributed by atoms with Crippen molar-refractivity contribution in [3.63, 3.8) is 0 Å². The van der Waals surface area contributed by atoms with Gasteiger partial charge in [-0.3, -0.25) is 4.90 Å². The standard InChI is InChI=1S/C23H22N6O5S/c1-26(23(30)31)22-5-2-4-19(25-22)17-28(35(33,34)21-10-14-27(32)15-11-21)16-18-6-8-20(9-7-18)29-13-3-12-24-29/h2-15H,16-17H2,1H3,(H,30,31). The van der Waals surface area contributed by atoms with E-state index in [1.165, 1.54) is 29.6 Å². The molecule has 0 saturated carbocycles. The average molecular weight is 495 g/mol. The van der Waals surface area contributed by atoms with Crippen LogP contribution in [0.25, 0.3) is 5.69 Å². The first-order chi connectivity index (χ1) is 16.7. The zero-order valence-electron chi connectivity index (χ0n) is 18.7. The van der Waals surface area contributed by atoms with Crippen molar-refractivity contribution in [2.24, 2.45) is 0 Å². The minimum absolute atomic E-state index is 0.0225. The van der Waals surface area contributed by atoms with E-state index in [1.807, 2.05) is 12.1 Å². The number of pyridine rings is 2. The largest absolute Gasteiger partial charge is 0.619 e. The number of aromatic nitrogens is 4. The lowest BCUT2D eigenvalue weighted by atomic mass is 10.2. The molecule has 0 spiro atoms. The van der Waals surface area contributed by atoms with E-state index in [2.05, 4.69) is 10.1 Å². The molecule has 1 amide bonds. The maximum absolute atomic E-state index is 13.5. The number of carboxylic acid groups (broad SMARTS) is 1. The fourth-order valence-corrected chi connectivity index (χ4v) is 4.73. The summed E-state index contributed by atoms with van der Waals surface area (Å²) in [4.78, 5) is 16.5. The summed E-state index contributed by atoms with van der Waals surface area (Å²) in [6.45, 7) is -0.0918. The van der Waals surface area contributed by atoms with Crippen LogP contribution in [0.15, 0.2) is 90.3 Å². The quantitative estimate of drug-likeness (QED) is 0.293. The van der Waals surface area contributed by atoms with E-state index in [1.54, 1.807) is 47.4 Å². The molecule has 4 aromatic rings. The van der Waals surface area contributed by atoms with Gasteiger partial charge in [-0.15, -0.1) is 0 Å². The van der Waals surface area contributed by atoms with Gasteiger partial charge >= 0.3 is 6.09 Å². The third-order valence-corrected chi connectivity index (χ3v) is 7.04. The lowest BCUT2D eigenvalue weighted by Gasteiger charge is -2.23. The van der Waals surface area contributed by atoms with Gasteiger partial charge in [0.05, 0.1) is 22.8 Å². The van der Waals surface area contributed by atoms with Crippen LogP contribution in [0.3, 0.4) is 0 Å². The Bertz CT molecular complexity index is 1410. The lowest BCUT2D eigenvalue weighted by Crippen LogP contribution is -2.32. The first-order valence-corrected chi connectivity index (χ1v) is 11.9. The van der Waals surface area contributed by atoms with E-state index in [0.29, 0.717) is 10.4 Å². The van der Waals surface area contributed by atoms with Crippen molar-refractivity contribution in [1.29, 1.82) is 0 Å². The van der Waals surface area contributed by atoms with E-state index in [4.69, 9.17) is 0 Å². The summed E-state index contributed by atoms with van der Waals surface area (Å²) in [7, 11) is -2.67. The molecule has 0 atom stereocenters. The topological polar surface area (TPSA) is 136 Å². The molecule has 1 aromatic carbocycles. The Balaban J connectivity index is 1.66. The highest BCUT2D eigenvalue weighted by Gasteiger charge is 2.26. The molecule has 4 rings (SSSR count). The first kappa shape index (κ1) is 23.9. The SMILES string of the molecule is CN(C(=O)O)c1cccc(CN(Cc2ccc(-n3cccn3)cc2)S(=O)(=O)c2cc[n+]([O-])cc2)n1. The van der Waals surface area contributed by atoms with Crippen molar-refractivity contribution in [2.75, 3.05) is 11.9 Å². The van der Waals surface area contributed by atoms with E-state index in [-0.39, 0.29) is 23.8 Å². The Hall–Kier alpha value is -4.29. The van der Waals surface area contributed by atoms with Crippen molar-refractivity contribution in [1.82, 2.24) is 19.1 Å². The molecular weight excluding hydrogens is 472 g/mol. The molecule has 0 unspecified atom stereocenters. The van der Waals surface area contributed by atoms with Gasteiger partial charge in [0.1, 0.15) is 5.82 Å². The summed E-state index contributed by atoms with van der Waals surface area (Å²) in [6, 6.07) is 16.3. The minimum atomic E-state index is -4.02. The molecule has 3 aromatic heterocycles. The van der Waals surface area contributed by atoms with Crippen LogP contribution in [0.1, 0.15) is 11.3 Å². The van der Waals surface area contributed by atoms with Crippen LogP contribution < -0.4 is 9.63 Å². The molecule has 0 radical (unpaired) electrons. The second-order valence-electron chi connectivity index (χ2n) is 7.61. The van der Waals surface area contributed by atoms with Crippen LogP contribution in [-0.2, 0) is 23.1 Å². The summed E-state index contributed by atoms with van der Waals surface area (Å²) in [5.41, 5.74) is 1.91. The lowest BCUT2D eigenvalue weighted by molar-refractivity contribution is -0.605. The molecule has 35 heavy (non-hydrogen) atoms. The molecule has 3 heterocycles. The maximum atomic E-state index is 13.5. The number of benzene rings is 1. The Morgan fingerprint density at radius 2 is 1.77 bits per heavy atom. The molecular formula is C23H22N6O5S. The van der Waals surface area contributed by atoms with Gasteiger partial charge in [-0.05, 0) is 35.9 Å². The minimum Gasteiger partial charge on any atom is -0.619 e. The number of rotatable bonds is 8. The Labute approximate surface area is 201 Å². The van der Waals surface area contributed by atoms with Gasteiger partial charge in [-0.2, -0.15) is 14.1 Å². The van der Waals surface area contributed by atoms with Gasteiger partial charge < -0.3 is 10.3 Å². The van der Waals surface area contributed by atoms with E-state index in [0.717, 1.165) is 28.5 Å². The fourth-order valence-electron chi connectivity index (χ4n) is 3.35. The molecule has 0 fully saturated rings. The second kappa shape index (κ2) is 9.91. The summed E-state index contributed by atoms with van der Waals surface area (Å²) < 4.78 is 30.4. The predicted molar refractivity (Wildman–Crippen MR) is 126 cm³/mol. The normalized spacial score (nSPS) is 11.5. The molecule has 0 aliphatic rings. The first-order valence-electron chi connectivity index (χ1n) is 10.4. The number of carbonyl (C=O) groups is 1. The second-order valence-corrected chi connectivity index (χ2v) is 9.55. The number of sulfonamides is 1. The summed E-state index contributed by atoms with van der Waals surface area (Å²) in [6.07, 6.45) is 4.51. The van der Waals surface area contributed by atoms with Crippen LogP contribution in [-0.4, -0.2) is 45.7 Å². The van der Waals surface area contributed by atoms with Gasteiger partial charge in [0.2, 0.25) is 10.0 Å². The number of hydrogen-bond acceptors (Lipinski definition) is 6. The average Bonchev–Trinajstić information content (AvgIpc) is 3.39. The van der Waals surface area contributed by atoms with Crippen LogP contribution in [0.2, 0.25) is 0 Å². The number of hydrogen-bond donors (Lipinski definition) is 1. The van der Waals surface area contributed by atoms with Crippen molar-refractivity contribution in [3.8, 4) is 5.69 Å². The number of anilines is 1. The smallest absolute Gasteiger partial charge is 0.412 e. The maximum Gasteiger partial charge on any atom is 0.412 e. The van der Waals surface area contributed by atoms with Gasteiger partial charge in [0.25, 0.3) is 0 Å². The summed E-state index contributed by atoms with van der Waals surface area (Å²) in [5.74, 6) is 0.169. The van der Waals surface area contributed by atoms with Gasteiger partial charge in [0, 0.05) is 38.1 Å². The Morgan fingerprint density at radius 1 is 1.06 bits per heavy atom. The van der Waals surface area contributed by atoms with Crippen molar-refractivity contribution < 1.29 is 23.0 Å². The van der Waals surface area contributed by atoms with E-state index >= 15 is 0 Å². The van der Waals surface area contributed by atoms with Crippen LogP contribution in [0.5, 0.6) is 0 Å². The van der Waals surface area contributed by atoms with Gasteiger partial charge in [-0.25, -0.2) is 22.9 Å². The summed E-state index contributed by atoms with van der Waals surface area (Å²) in [5, 5.41) is 24.8. The highest BCUT2D eigenvalue weighted by Crippen LogP contribution is 2.22. The summed E-state index contributed by atoms with van der Waals surface area (Å²) >= 11 is 0. The van der Waals surface area contributed by atoms with Crippen LogP contribution in [0, 0.1) is 5.21 Å². The molecule has 180 valence electrons. The monoisotopic (exact) mass is 494 g/mol. The highest BCUT2D eigenvalue weighted by atomic mass is 32.2. The number of amides is 1. The molecule has 0 aliphatic heterocycles. The van der Waals surface area contributed by atoms with Crippen LogP contribution >= 0.6 is 0 Å². The van der Waals surface area contributed by atoms with Gasteiger partial charge in [0.15, 0.2) is 12.4 Å². The molecule has 12 heteroatoms. The van der Waals surface area contributed by atoms with Crippen molar-refractivity contribution in [2.45, 2.75) is 18.0 Å². The third kappa shape index (κ3) is 5.45. The Morgan fingerprint density at radius 3 is 2.40 bits per heavy atom. The van der Waals surface area contributed by atoms with Crippen molar-refractivity contribution in [3.05, 3.63) is 102 Å². The van der Waals surface area contributed by atoms with Gasteiger partial charge in [-0.1, -0.05) is 18.2 Å². The van der Waals surface area contributed by atoms with Crippen LogP contribution in [0.4, 0.5) is 10.6 Å². The van der Waals surface area contributed by atoms with E-state index in [9.17, 15) is 23.5 Å². The molecule has 0 bridgehead atoms. The third-order valence-electron chi connectivity index (χ3n) is 5.23. The Kier molecular flexibility index (Phi) is 6.75. The van der Waals surface area contributed by atoms with E-state index < -0.39 is 16.1 Å². The van der Waals surface area contributed by atoms with Crippen molar-refractivity contribution >= 4 is 21.9 Å². The zero-order chi connectivity index (χ0) is 25.0. The molecule has 0 aliphatic carbocycles. The predicted octanol–water partition coefficient (Wildman–Crippen LogP) is 2.41.